The van der Waals surface area contributed by atoms with Gasteiger partial charge in [0.2, 0.25) is 17.6 Å². The summed E-state index contributed by atoms with van der Waals surface area (Å²) in [4.78, 5) is 39.2. The molecule has 29 heavy (non-hydrogen) atoms. The third kappa shape index (κ3) is 3.60. The van der Waals surface area contributed by atoms with Crippen LogP contribution in [0.25, 0.3) is 0 Å². The number of aryl methyl sites for hydroxylation is 1. The first kappa shape index (κ1) is 19.1. The lowest BCUT2D eigenvalue weighted by molar-refractivity contribution is -0.122. The molecule has 1 aliphatic carbocycles. The molecule has 0 bridgehead atoms. The summed E-state index contributed by atoms with van der Waals surface area (Å²) in [7, 11) is 0. The van der Waals surface area contributed by atoms with E-state index in [1.54, 1.807) is 43.3 Å². The van der Waals surface area contributed by atoms with Crippen LogP contribution in [-0.4, -0.2) is 23.7 Å². The summed E-state index contributed by atoms with van der Waals surface area (Å²) in [6.07, 6.45) is 4.53. The molecule has 0 aromatic heterocycles. The van der Waals surface area contributed by atoms with Gasteiger partial charge in [0.15, 0.2) is 6.10 Å². The summed E-state index contributed by atoms with van der Waals surface area (Å²) in [5, 5.41) is 0. The third-order valence-electron chi connectivity index (χ3n) is 5.62. The van der Waals surface area contributed by atoms with Crippen LogP contribution in [-0.2, 0) is 9.59 Å². The normalized spacial score (nSPS) is 21.8. The number of allylic oxidation sites excluding steroid dienone is 2. The topological polar surface area (TPSA) is 63.7 Å². The Morgan fingerprint density at radius 3 is 2.03 bits per heavy atom. The molecule has 0 spiro atoms. The fraction of sp³-hybridized carbons (Fsp3) is 0.292. The zero-order chi connectivity index (χ0) is 20.5. The highest BCUT2D eigenvalue weighted by Crippen LogP contribution is 2.38. The van der Waals surface area contributed by atoms with Crippen LogP contribution in [0.3, 0.4) is 0 Å². The van der Waals surface area contributed by atoms with Crippen molar-refractivity contribution in [2.45, 2.75) is 32.8 Å². The van der Waals surface area contributed by atoms with Crippen molar-refractivity contribution in [2.75, 3.05) is 4.90 Å². The molecule has 3 atom stereocenters. The molecule has 2 amide bonds. The van der Waals surface area contributed by atoms with Gasteiger partial charge in [-0.1, -0.05) is 42.0 Å². The van der Waals surface area contributed by atoms with Crippen molar-refractivity contribution < 1.29 is 19.1 Å². The summed E-state index contributed by atoms with van der Waals surface area (Å²) in [5.41, 5.74) is 2.23. The van der Waals surface area contributed by atoms with E-state index >= 15 is 0 Å². The number of ketones is 1. The lowest BCUT2D eigenvalue weighted by Crippen LogP contribution is -2.30. The lowest BCUT2D eigenvalue weighted by Gasteiger charge is -2.17. The minimum Gasteiger partial charge on any atom is -0.483 e. The first-order chi connectivity index (χ1) is 14.0. The van der Waals surface area contributed by atoms with Gasteiger partial charge in [-0.3, -0.25) is 19.3 Å². The van der Waals surface area contributed by atoms with Gasteiger partial charge < -0.3 is 4.74 Å². The van der Waals surface area contributed by atoms with Crippen LogP contribution in [0.2, 0.25) is 0 Å². The number of hydrogen-bond acceptors (Lipinski definition) is 4. The van der Waals surface area contributed by atoms with Crippen LogP contribution >= 0.6 is 0 Å². The average Bonchev–Trinajstić information content (AvgIpc) is 2.99. The molecular weight excluding hydrogens is 366 g/mol. The highest BCUT2D eigenvalue weighted by atomic mass is 16.5. The molecule has 1 fully saturated rings. The van der Waals surface area contributed by atoms with Crippen LogP contribution < -0.4 is 9.64 Å². The number of benzene rings is 2. The Labute approximate surface area is 170 Å². The van der Waals surface area contributed by atoms with Crippen LogP contribution in [0.4, 0.5) is 5.69 Å². The number of fused-ring (bicyclic) bond motifs is 1. The second-order valence-corrected chi connectivity index (χ2v) is 7.65. The van der Waals surface area contributed by atoms with Gasteiger partial charge in [-0.2, -0.15) is 0 Å². The van der Waals surface area contributed by atoms with E-state index in [1.807, 2.05) is 31.2 Å². The van der Waals surface area contributed by atoms with E-state index < -0.39 is 6.10 Å². The van der Waals surface area contributed by atoms with Gasteiger partial charge in [0.1, 0.15) is 5.75 Å². The van der Waals surface area contributed by atoms with Crippen molar-refractivity contribution in [3.63, 3.8) is 0 Å². The molecule has 148 valence electrons. The molecule has 1 aliphatic heterocycles. The number of ether oxygens (including phenoxy) is 1. The molecule has 1 saturated heterocycles. The average molecular weight is 389 g/mol. The highest BCUT2D eigenvalue weighted by Gasteiger charge is 2.47. The Kier molecular flexibility index (Phi) is 5.05. The Bertz CT molecular complexity index is 949. The monoisotopic (exact) mass is 389 g/mol. The number of amides is 2. The summed E-state index contributed by atoms with van der Waals surface area (Å²) in [6.45, 7) is 3.68. The molecule has 0 radical (unpaired) electrons. The molecule has 5 heteroatoms. The van der Waals surface area contributed by atoms with Crippen LogP contribution in [0.1, 0.15) is 35.7 Å². The van der Waals surface area contributed by atoms with Gasteiger partial charge in [0.05, 0.1) is 17.5 Å². The summed E-state index contributed by atoms with van der Waals surface area (Å²) >= 11 is 0. The van der Waals surface area contributed by atoms with Crippen molar-refractivity contribution in [3.05, 3.63) is 71.8 Å². The summed E-state index contributed by atoms with van der Waals surface area (Å²) in [6, 6.07) is 14.1. The summed E-state index contributed by atoms with van der Waals surface area (Å²) in [5.74, 6) is -0.372. The van der Waals surface area contributed by atoms with E-state index in [-0.39, 0.29) is 29.4 Å². The molecule has 2 aliphatic rings. The SMILES string of the molecule is Cc1ccc(C(=O)[C@@H](C)Oc2ccc(N3C(=O)[C@H]4CC=CC[C@@H]4C3=O)cc2)cc1. The predicted octanol–water partition coefficient (Wildman–Crippen LogP) is 4.10. The van der Waals surface area contributed by atoms with Crippen LogP contribution in [0.5, 0.6) is 5.75 Å². The minimum absolute atomic E-state index is 0.101. The quantitative estimate of drug-likeness (QED) is 0.439. The van der Waals surface area contributed by atoms with Crippen molar-refractivity contribution in [3.8, 4) is 5.75 Å². The molecule has 0 N–H and O–H groups in total. The van der Waals surface area contributed by atoms with E-state index in [4.69, 9.17) is 4.74 Å². The van der Waals surface area contributed by atoms with E-state index in [1.165, 1.54) is 4.90 Å². The molecule has 0 saturated carbocycles. The van der Waals surface area contributed by atoms with Crippen LogP contribution in [0, 0.1) is 18.8 Å². The number of hydrogen-bond donors (Lipinski definition) is 0. The van der Waals surface area contributed by atoms with Gasteiger partial charge in [0, 0.05) is 5.56 Å². The van der Waals surface area contributed by atoms with Crippen LogP contribution in [0.15, 0.2) is 60.7 Å². The zero-order valence-electron chi connectivity index (χ0n) is 16.5. The maximum atomic E-state index is 12.7. The first-order valence-electron chi connectivity index (χ1n) is 9.86. The molecule has 2 aromatic carbocycles. The maximum Gasteiger partial charge on any atom is 0.238 e. The number of Topliss-reactive ketones (excluding diaryl/α,β-unsaturated/α-hetero) is 1. The molecule has 2 aromatic rings. The summed E-state index contributed by atoms with van der Waals surface area (Å²) < 4.78 is 5.78. The zero-order valence-corrected chi connectivity index (χ0v) is 16.5. The first-order valence-corrected chi connectivity index (χ1v) is 9.86. The van der Waals surface area contributed by atoms with Crippen molar-refractivity contribution in [2.24, 2.45) is 11.8 Å². The number of anilines is 1. The van der Waals surface area contributed by atoms with Crippen molar-refractivity contribution in [1.29, 1.82) is 0 Å². The van der Waals surface area contributed by atoms with Crippen molar-refractivity contribution >= 4 is 23.3 Å². The van der Waals surface area contributed by atoms with Gasteiger partial charge in [-0.15, -0.1) is 0 Å². The van der Waals surface area contributed by atoms with Gasteiger partial charge >= 0.3 is 0 Å². The maximum absolute atomic E-state index is 12.7. The predicted molar refractivity (Wildman–Crippen MR) is 110 cm³/mol. The molecule has 4 rings (SSSR count). The number of imide groups is 1. The highest BCUT2D eigenvalue weighted by molar-refractivity contribution is 6.22. The largest absolute Gasteiger partial charge is 0.483 e. The fourth-order valence-corrected chi connectivity index (χ4v) is 3.94. The number of carbonyl (C=O) groups excluding carboxylic acids is 3. The molecule has 0 unspecified atom stereocenters. The Balaban J connectivity index is 1.45. The third-order valence-corrected chi connectivity index (χ3v) is 5.62. The second kappa shape index (κ2) is 7.66. The van der Waals surface area contributed by atoms with Gasteiger partial charge in [-0.05, 0) is 51.0 Å². The van der Waals surface area contributed by atoms with Crippen molar-refractivity contribution in [1.82, 2.24) is 0 Å². The van der Waals surface area contributed by atoms with E-state index in [2.05, 4.69) is 0 Å². The fourth-order valence-electron chi connectivity index (χ4n) is 3.94. The lowest BCUT2D eigenvalue weighted by atomic mass is 9.85. The van der Waals surface area contributed by atoms with Gasteiger partial charge in [-0.25, -0.2) is 0 Å². The number of carbonyl (C=O) groups is 3. The number of rotatable bonds is 5. The molecule has 1 heterocycles. The number of nitrogens with zero attached hydrogens (tertiary/aromatic N) is 1. The van der Waals surface area contributed by atoms with E-state index in [0.29, 0.717) is 29.8 Å². The Morgan fingerprint density at radius 1 is 0.931 bits per heavy atom. The standard InChI is InChI=1S/C24H23NO4/c1-15-7-9-17(10-8-15)22(26)16(2)29-19-13-11-18(12-14-19)25-23(27)20-5-3-4-6-21(20)24(25)28/h3-4,7-14,16,20-21H,5-6H2,1-2H3/t16-,20+,21+/m1/s1. The molecule has 5 nitrogen and oxygen atoms in total. The smallest absolute Gasteiger partial charge is 0.238 e. The second-order valence-electron chi connectivity index (χ2n) is 7.65. The minimum atomic E-state index is -0.646. The Morgan fingerprint density at radius 2 is 1.48 bits per heavy atom. The molecular formula is C24H23NO4. The van der Waals surface area contributed by atoms with E-state index in [0.717, 1.165) is 5.56 Å². The van der Waals surface area contributed by atoms with E-state index in [9.17, 15) is 14.4 Å². The Hall–Kier alpha value is -3.21. The van der Waals surface area contributed by atoms with Gasteiger partial charge in [0.25, 0.3) is 0 Å².